The maximum Gasteiger partial charge on any atom is 0.293 e. The summed E-state index contributed by atoms with van der Waals surface area (Å²) in [7, 11) is -4.54. The highest BCUT2D eigenvalue weighted by molar-refractivity contribution is 7.90. The number of rotatable bonds is 16. The molecule has 0 bridgehead atoms. The highest BCUT2D eigenvalue weighted by Gasteiger charge is 2.27. The number of anilines is 2. The number of hydrogen-bond donors (Lipinski definition) is 3. The van der Waals surface area contributed by atoms with E-state index in [-0.39, 0.29) is 22.9 Å². The SMILES string of the molecule is CCNCc1ccc(Oc2cc(N3CCN(Cc4ccccc4-c4ccc(Cl)cc4)CC3)ccc2C(=O)NS(=O)(=O)c2ccc(NCC3CCOCC3)c([N+](=O)[O-])c2)cc1. The Morgan fingerprint density at radius 2 is 1.65 bits per heavy atom. The Morgan fingerprint density at radius 1 is 0.917 bits per heavy atom. The number of nitro groups is 1. The molecule has 0 aliphatic carbocycles. The molecule has 7 rings (SSSR count). The Balaban J connectivity index is 1.08. The molecule has 2 aliphatic rings. The summed E-state index contributed by atoms with van der Waals surface area (Å²) in [6.07, 6.45) is 1.65. The van der Waals surface area contributed by atoms with E-state index in [9.17, 15) is 23.3 Å². The molecule has 1 amide bonds. The van der Waals surface area contributed by atoms with Crippen molar-refractivity contribution in [3.63, 3.8) is 0 Å². The van der Waals surface area contributed by atoms with Crippen LogP contribution in [0.3, 0.4) is 0 Å². The van der Waals surface area contributed by atoms with Crippen LogP contribution in [0.1, 0.15) is 41.3 Å². The van der Waals surface area contributed by atoms with Crippen molar-refractivity contribution >= 4 is 44.6 Å². The molecule has 0 saturated carbocycles. The third-order valence-corrected chi connectivity index (χ3v) is 12.5. The maximum absolute atomic E-state index is 13.9. The van der Waals surface area contributed by atoms with E-state index >= 15 is 0 Å². The third-order valence-electron chi connectivity index (χ3n) is 10.9. The smallest absolute Gasteiger partial charge is 0.293 e. The Bertz CT molecular complexity index is 2380. The van der Waals surface area contributed by atoms with Crippen LogP contribution >= 0.6 is 11.6 Å². The number of benzene rings is 5. The standard InChI is InChI=1S/C45H49ClN6O7S/c1-2-47-29-32-7-14-38(15-8-32)59-44-27-37(51-23-21-50(22-24-51)31-35-5-3-4-6-40(35)34-9-11-36(46)12-10-34)13-17-41(44)45(53)49-60(56,57)39-16-18-42(43(28-39)52(54)55)48-30-33-19-25-58-26-20-33/h3-18,27-28,33,47-48H,2,19-26,29-31H2,1H3,(H,49,53). The molecule has 314 valence electrons. The molecule has 3 N–H and O–H groups in total. The number of carbonyl (C=O) groups is 1. The third kappa shape index (κ3) is 10.8. The van der Waals surface area contributed by atoms with Crippen LogP contribution in [0, 0.1) is 16.0 Å². The number of amides is 1. The van der Waals surface area contributed by atoms with Gasteiger partial charge in [-0.05, 0) is 96.1 Å². The number of halogens is 1. The predicted molar refractivity (Wildman–Crippen MR) is 234 cm³/mol. The van der Waals surface area contributed by atoms with E-state index in [1.54, 1.807) is 30.3 Å². The summed E-state index contributed by atoms with van der Waals surface area (Å²) in [5.74, 6) is -0.0293. The summed E-state index contributed by atoms with van der Waals surface area (Å²) >= 11 is 6.16. The van der Waals surface area contributed by atoms with Gasteiger partial charge in [0.1, 0.15) is 17.2 Å². The van der Waals surface area contributed by atoms with Crippen molar-refractivity contribution in [2.75, 3.05) is 62.7 Å². The van der Waals surface area contributed by atoms with Gasteiger partial charge in [0.05, 0.1) is 15.4 Å². The lowest BCUT2D eigenvalue weighted by molar-refractivity contribution is -0.384. The van der Waals surface area contributed by atoms with Gasteiger partial charge in [-0.25, -0.2) is 13.1 Å². The summed E-state index contributed by atoms with van der Waals surface area (Å²) < 4.78 is 41.1. The van der Waals surface area contributed by atoms with Gasteiger partial charge in [0.2, 0.25) is 0 Å². The quantitative estimate of drug-likeness (QED) is 0.0652. The summed E-state index contributed by atoms with van der Waals surface area (Å²) in [5, 5.41) is 19.1. The molecule has 2 heterocycles. The molecule has 0 radical (unpaired) electrons. The van der Waals surface area contributed by atoms with E-state index in [4.69, 9.17) is 21.1 Å². The van der Waals surface area contributed by atoms with Crippen molar-refractivity contribution in [2.45, 2.75) is 37.8 Å². The first-order valence-corrected chi connectivity index (χ1v) is 22.0. The summed E-state index contributed by atoms with van der Waals surface area (Å²) in [6, 6.07) is 32.4. The maximum atomic E-state index is 13.9. The van der Waals surface area contributed by atoms with Crippen LogP contribution < -0.4 is 25.0 Å². The zero-order chi connectivity index (χ0) is 42.1. The molecular formula is C45H49ClN6O7S. The van der Waals surface area contributed by atoms with Gasteiger partial charge in [-0.2, -0.15) is 0 Å². The zero-order valence-electron chi connectivity index (χ0n) is 33.4. The van der Waals surface area contributed by atoms with E-state index < -0.39 is 31.4 Å². The van der Waals surface area contributed by atoms with Crippen molar-refractivity contribution in [3.8, 4) is 22.6 Å². The van der Waals surface area contributed by atoms with Crippen LogP contribution in [0.5, 0.6) is 11.5 Å². The predicted octanol–water partition coefficient (Wildman–Crippen LogP) is 8.10. The number of hydrogen-bond acceptors (Lipinski definition) is 11. The molecule has 2 aliphatic heterocycles. The van der Waals surface area contributed by atoms with Crippen LogP contribution in [-0.2, 0) is 27.8 Å². The minimum absolute atomic E-state index is 0.0132. The number of ether oxygens (including phenoxy) is 2. The van der Waals surface area contributed by atoms with Crippen LogP contribution in [0.15, 0.2) is 114 Å². The molecule has 2 fully saturated rings. The topological polar surface area (TPSA) is 155 Å². The Morgan fingerprint density at radius 3 is 2.37 bits per heavy atom. The van der Waals surface area contributed by atoms with Crippen LogP contribution in [-0.4, -0.2) is 76.6 Å². The summed E-state index contributed by atoms with van der Waals surface area (Å²) in [5.41, 5.74) is 5.14. The number of nitrogens with one attached hydrogen (secondary N) is 3. The summed E-state index contributed by atoms with van der Waals surface area (Å²) in [4.78, 5) is 29.5. The largest absolute Gasteiger partial charge is 0.456 e. The Labute approximate surface area is 355 Å². The number of sulfonamides is 1. The van der Waals surface area contributed by atoms with Crippen molar-refractivity contribution in [2.24, 2.45) is 5.92 Å². The van der Waals surface area contributed by atoms with Gasteiger partial charge < -0.3 is 25.0 Å². The zero-order valence-corrected chi connectivity index (χ0v) is 35.0. The molecule has 15 heteroatoms. The molecule has 5 aromatic rings. The van der Waals surface area contributed by atoms with Gasteiger partial charge in [0.15, 0.2) is 0 Å². The normalized spacial score (nSPS) is 15.1. The summed E-state index contributed by atoms with van der Waals surface area (Å²) in [6.45, 7) is 9.04. The van der Waals surface area contributed by atoms with Crippen molar-refractivity contribution in [1.82, 2.24) is 14.9 Å². The highest BCUT2D eigenvalue weighted by atomic mass is 35.5. The van der Waals surface area contributed by atoms with Gasteiger partial charge in [-0.1, -0.05) is 67.1 Å². The fourth-order valence-corrected chi connectivity index (χ4v) is 8.56. The first-order chi connectivity index (χ1) is 29.1. The van der Waals surface area contributed by atoms with Gasteiger partial charge >= 0.3 is 0 Å². The van der Waals surface area contributed by atoms with E-state index in [2.05, 4.69) is 43.4 Å². The monoisotopic (exact) mass is 852 g/mol. The van der Waals surface area contributed by atoms with Gasteiger partial charge in [-0.3, -0.25) is 19.8 Å². The number of nitro benzene ring substituents is 1. The van der Waals surface area contributed by atoms with Gasteiger partial charge in [-0.15, -0.1) is 0 Å². The fourth-order valence-electron chi connectivity index (χ4n) is 7.45. The van der Waals surface area contributed by atoms with E-state index in [1.165, 1.54) is 17.7 Å². The second-order valence-electron chi connectivity index (χ2n) is 14.9. The highest BCUT2D eigenvalue weighted by Crippen LogP contribution is 2.33. The first-order valence-electron chi connectivity index (χ1n) is 20.2. The number of nitrogens with zero attached hydrogens (tertiary/aromatic N) is 3. The molecule has 60 heavy (non-hydrogen) atoms. The minimum Gasteiger partial charge on any atom is -0.456 e. The second kappa shape index (κ2) is 19.7. The van der Waals surface area contributed by atoms with Crippen LogP contribution in [0.2, 0.25) is 5.02 Å². The van der Waals surface area contributed by atoms with Crippen molar-refractivity contribution in [3.05, 3.63) is 141 Å². The molecule has 2 saturated heterocycles. The van der Waals surface area contributed by atoms with Crippen molar-refractivity contribution in [1.29, 1.82) is 0 Å². The van der Waals surface area contributed by atoms with Gasteiger partial charge in [0.25, 0.3) is 21.6 Å². The molecule has 0 aromatic heterocycles. The van der Waals surface area contributed by atoms with Gasteiger partial charge in [0, 0.05) is 81.9 Å². The molecule has 0 atom stereocenters. The molecule has 0 spiro atoms. The van der Waals surface area contributed by atoms with Crippen molar-refractivity contribution < 1.29 is 27.6 Å². The fraction of sp³-hybridized carbons (Fsp3) is 0.311. The second-order valence-corrected chi connectivity index (χ2v) is 17.1. The van der Waals surface area contributed by atoms with Crippen LogP contribution in [0.25, 0.3) is 11.1 Å². The molecule has 5 aromatic carbocycles. The molecular weight excluding hydrogens is 804 g/mol. The minimum atomic E-state index is -4.54. The number of piperazine rings is 1. The Kier molecular flexibility index (Phi) is 14.0. The van der Waals surface area contributed by atoms with E-state index in [0.717, 1.165) is 67.5 Å². The van der Waals surface area contributed by atoms with E-state index in [1.807, 2.05) is 49.4 Å². The lowest BCUT2D eigenvalue weighted by Gasteiger charge is -2.36. The average molecular weight is 853 g/mol. The average Bonchev–Trinajstić information content (AvgIpc) is 3.26. The molecule has 13 nitrogen and oxygen atoms in total. The van der Waals surface area contributed by atoms with Crippen LogP contribution in [0.4, 0.5) is 17.1 Å². The lowest BCUT2D eigenvalue weighted by atomic mass is 9.99. The Hall–Kier alpha value is -5.51. The van der Waals surface area contributed by atoms with E-state index in [0.29, 0.717) is 50.2 Å². The lowest BCUT2D eigenvalue weighted by Crippen LogP contribution is -2.46. The molecule has 0 unspecified atom stereocenters. The number of carbonyl (C=O) groups excluding carboxylic acids is 1. The first kappa shape index (κ1) is 42.6.